The molecule has 0 aromatic rings. The maximum Gasteiger partial charge on any atom is 0.128 e. The average molecular weight is 154 g/mol. The third kappa shape index (κ3) is 4.50. The van der Waals surface area contributed by atoms with Crippen molar-refractivity contribution in [2.24, 2.45) is 11.8 Å². The first-order chi connectivity index (χ1) is 4.86. The third-order valence-electron chi connectivity index (χ3n) is 2.93. The summed E-state index contributed by atoms with van der Waals surface area (Å²) in [6.07, 6.45) is 1.37. The van der Waals surface area contributed by atoms with Crippen LogP contribution in [-0.4, -0.2) is 7.28 Å². The Balaban J connectivity index is 3.73. The normalized spacial score (nSPS) is 12.7. The zero-order chi connectivity index (χ0) is 9.07. The van der Waals surface area contributed by atoms with Gasteiger partial charge in [-0.1, -0.05) is 59.1 Å². The molecular formula is C10H23B. The first-order valence-corrected chi connectivity index (χ1v) is 4.86. The number of hydrogen-bond acceptors (Lipinski definition) is 0. The highest BCUT2D eigenvalue weighted by Gasteiger charge is 2.23. The summed E-state index contributed by atoms with van der Waals surface area (Å²) in [6, 6.07) is 0. The fraction of sp³-hybridized carbons (Fsp3) is 1.00. The lowest BCUT2D eigenvalue weighted by Crippen LogP contribution is -2.20. The van der Waals surface area contributed by atoms with Crippen LogP contribution in [0, 0.1) is 11.8 Å². The van der Waals surface area contributed by atoms with Gasteiger partial charge in [-0.3, -0.25) is 0 Å². The van der Waals surface area contributed by atoms with Crippen molar-refractivity contribution in [1.29, 1.82) is 0 Å². The first-order valence-electron chi connectivity index (χ1n) is 4.86. The number of rotatable bonds is 4. The largest absolute Gasteiger partial charge is 0.128 e. The van der Waals surface area contributed by atoms with Crippen LogP contribution >= 0.6 is 0 Å². The van der Waals surface area contributed by atoms with Crippen LogP contribution in [0.4, 0.5) is 0 Å². The van der Waals surface area contributed by atoms with E-state index < -0.39 is 0 Å². The van der Waals surface area contributed by atoms with E-state index in [9.17, 15) is 0 Å². The zero-order valence-corrected chi connectivity index (χ0v) is 9.07. The monoisotopic (exact) mass is 154 g/mol. The van der Waals surface area contributed by atoms with E-state index in [2.05, 4.69) is 41.5 Å². The second-order valence-electron chi connectivity index (χ2n) is 5.08. The third-order valence-corrected chi connectivity index (χ3v) is 2.93. The minimum atomic E-state index is 0.532. The molecule has 0 saturated heterocycles. The summed E-state index contributed by atoms with van der Waals surface area (Å²) in [4.78, 5) is 0. The summed E-state index contributed by atoms with van der Waals surface area (Å²) in [5.41, 5.74) is 0. The predicted molar refractivity (Wildman–Crippen MR) is 55.7 cm³/mol. The van der Waals surface area contributed by atoms with E-state index in [0.717, 1.165) is 11.8 Å². The SMILES string of the molecule is CC(C)CBC(C)(C)C(C)C. The van der Waals surface area contributed by atoms with E-state index in [0.29, 0.717) is 5.31 Å². The Morgan fingerprint density at radius 2 is 1.55 bits per heavy atom. The molecule has 0 saturated carbocycles. The van der Waals surface area contributed by atoms with Gasteiger partial charge in [-0.05, 0) is 5.92 Å². The Morgan fingerprint density at radius 1 is 1.09 bits per heavy atom. The van der Waals surface area contributed by atoms with Crippen molar-refractivity contribution in [1.82, 2.24) is 0 Å². The quantitative estimate of drug-likeness (QED) is 0.544. The van der Waals surface area contributed by atoms with Crippen LogP contribution in [0.2, 0.25) is 11.6 Å². The highest BCUT2D eigenvalue weighted by molar-refractivity contribution is 6.39. The summed E-state index contributed by atoms with van der Waals surface area (Å²) < 4.78 is 0. The molecule has 0 amide bonds. The summed E-state index contributed by atoms with van der Waals surface area (Å²) in [6.45, 7) is 14.0. The molecular weight excluding hydrogens is 131 g/mol. The van der Waals surface area contributed by atoms with Gasteiger partial charge in [0.1, 0.15) is 7.28 Å². The molecule has 0 nitrogen and oxygen atoms in total. The molecule has 0 spiro atoms. The van der Waals surface area contributed by atoms with Gasteiger partial charge in [0.2, 0.25) is 0 Å². The van der Waals surface area contributed by atoms with E-state index in [1.807, 2.05) is 0 Å². The van der Waals surface area contributed by atoms with E-state index in [1.165, 1.54) is 13.6 Å². The maximum absolute atomic E-state index is 2.38. The van der Waals surface area contributed by atoms with Crippen molar-refractivity contribution in [3.05, 3.63) is 0 Å². The second kappa shape index (κ2) is 4.18. The van der Waals surface area contributed by atoms with Gasteiger partial charge in [-0.25, -0.2) is 0 Å². The smallest absolute Gasteiger partial charge is 0.0746 e. The summed E-state index contributed by atoms with van der Waals surface area (Å²) >= 11 is 0. The Morgan fingerprint density at radius 3 is 1.82 bits per heavy atom. The van der Waals surface area contributed by atoms with Gasteiger partial charge >= 0.3 is 0 Å². The lowest BCUT2D eigenvalue weighted by atomic mass is 9.47. The van der Waals surface area contributed by atoms with Crippen LogP contribution in [0.5, 0.6) is 0 Å². The van der Waals surface area contributed by atoms with Crippen LogP contribution < -0.4 is 0 Å². The van der Waals surface area contributed by atoms with Crippen molar-refractivity contribution >= 4 is 7.28 Å². The van der Waals surface area contributed by atoms with Gasteiger partial charge in [-0.2, -0.15) is 0 Å². The van der Waals surface area contributed by atoms with Crippen molar-refractivity contribution in [3.63, 3.8) is 0 Å². The fourth-order valence-electron chi connectivity index (χ4n) is 0.949. The number of hydrogen-bond donors (Lipinski definition) is 0. The molecule has 0 aliphatic rings. The lowest BCUT2D eigenvalue weighted by molar-refractivity contribution is 0.469. The van der Waals surface area contributed by atoms with Crippen molar-refractivity contribution in [2.75, 3.05) is 0 Å². The molecule has 0 aromatic heterocycles. The van der Waals surface area contributed by atoms with Gasteiger partial charge in [0.25, 0.3) is 0 Å². The minimum Gasteiger partial charge on any atom is -0.0746 e. The molecule has 0 bridgehead atoms. The molecule has 0 fully saturated rings. The molecule has 11 heavy (non-hydrogen) atoms. The van der Waals surface area contributed by atoms with E-state index in [1.54, 1.807) is 0 Å². The molecule has 0 aromatic carbocycles. The van der Waals surface area contributed by atoms with Crippen LogP contribution in [0.25, 0.3) is 0 Å². The molecule has 0 unspecified atom stereocenters. The standard InChI is InChI=1S/C10H23B/c1-8(2)7-11-10(5,6)9(3)4/h8-9,11H,7H2,1-6H3. The van der Waals surface area contributed by atoms with Gasteiger partial charge in [0.05, 0.1) is 0 Å². The molecule has 0 radical (unpaired) electrons. The fourth-order valence-corrected chi connectivity index (χ4v) is 0.949. The highest BCUT2D eigenvalue weighted by atomic mass is 14.2. The highest BCUT2D eigenvalue weighted by Crippen LogP contribution is 2.34. The second-order valence-corrected chi connectivity index (χ2v) is 5.08. The first kappa shape index (κ1) is 11.1. The Labute approximate surface area is 73.0 Å². The van der Waals surface area contributed by atoms with Crippen molar-refractivity contribution in [3.8, 4) is 0 Å². The molecule has 0 rings (SSSR count). The van der Waals surface area contributed by atoms with Crippen LogP contribution in [0.3, 0.4) is 0 Å². The zero-order valence-electron chi connectivity index (χ0n) is 9.07. The lowest BCUT2D eigenvalue weighted by Gasteiger charge is -2.28. The van der Waals surface area contributed by atoms with Crippen LogP contribution in [0.15, 0.2) is 0 Å². The Kier molecular flexibility index (Phi) is 4.21. The predicted octanol–water partition coefficient (Wildman–Crippen LogP) is 3.35. The Bertz CT molecular complexity index is 103. The summed E-state index contributed by atoms with van der Waals surface area (Å²) in [5.74, 6) is 1.66. The molecule has 0 atom stereocenters. The molecule has 0 aliphatic heterocycles. The van der Waals surface area contributed by atoms with Crippen LogP contribution in [0.1, 0.15) is 41.5 Å². The topological polar surface area (TPSA) is 0 Å². The van der Waals surface area contributed by atoms with Crippen molar-refractivity contribution < 1.29 is 0 Å². The maximum atomic E-state index is 2.38. The van der Waals surface area contributed by atoms with E-state index in [-0.39, 0.29) is 0 Å². The summed E-state index contributed by atoms with van der Waals surface area (Å²) in [7, 11) is 1.36. The molecule has 1 heteroatoms. The van der Waals surface area contributed by atoms with E-state index >= 15 is 0 Å². The minimum absolute atomic E-state index is 0.532. The molecule has 0 heterocycles. The summed E-state index contributed by atoms with van der Waals surface area (Å²) in [5, 5.41) is 0.532. The molecule has 0 N–H and O–H groups in total. The van der Waals surface area contributed by atoms with Gasteiger partial charge < -0.3 is 0 Å². The average Bonchev–Trinajstić information content (AvgIpc) is 1.84. The van der Waals surface area contributed by atoms with Crippen molar-refractivity contribution in [2.45, 2.75) is 53.2 Å². The molecule has 0 aliphatic carbocycles. The van der Waals surface area contributed by atoms with Gasteiger partial charge in [0.15, 0.2) is 0 Å². The van der Waals surface area contributed by atoms with Gasteiger partial charge in [0, 0.05) is 0 Å². The van der Waals surface area contributed by atoms with Gasteiger partial charge in [-0.15, -0.1) is 0 Å². The van der Waals surface area contributed by atoms with E-state index in [4.69, 9.17) is 0 Å². The molecule has 66 valence electrons. The Hall–Kier alpha value is 0.0649. The van der Waals surface area contributed by atoms with Crippen LogP contribution in [-0.2, 0) is 0 Å².